The number of carboxylic acid groups (broad SMARTS) is 1. The number of nitrogens with one attached hydrogen (secondary N) is 2. The third-order valence-corrected chi connectivity index (χ3v) is 3.45. The highest BCUT2D eigenvalue weighted by atomic mass is 16.4. The molecule has 1 fully saturated rings. The maximum atomic E-state index is 11.5. The Balaban J connectivity index is 2.27. The highest BCUT2D eigenvalue weighted by Crippen LogP contribution is 2.35. The summed E-state index contributed by atoms with van der Waals surface area (Å²) in [6.45, 7) is 5.49. The van der Waals surface area contributed by atoms with Gasteiger partial charge in [0.1, 0.15) is 0 Å². The van der Waals surface area contributed by atoms with Gasteiger partial charge in [0.05, 0.1) is 5.41 Å². The molecule has 6 heteroatoms. The lowest BCUT2D eigenvalue weighted by Gasteiger charge is -2.18. The van der Waals surface area contributed by atoms with E-state index in [9.17, 15) is 14.4 Å². The van der Waals surface area contributed by atoms with E-state index in [1.165, 1.54) is 26.7 Å². The molecule has 0 radical (unpaired) electrons. The first kappa shape index (κ1) is 15.5. The van der Waals surface area contributed by atoms with Crippen LogP contribution in [0.1, 0.15) is 40.0 Å². The number of hydrogen-bond donors (Lipinski definition) is 3. The standard InChI is InChI=1S/C13H22N2O4/c1-8(9-4-5-9)7-14-12(19)15-10(16)6-13(2,3)11(17)18/h8-9H,4-7H2,1-3H3,(H,17,18)(H2,14,15,16,19). The molecule has 108 valence electrons. The van der Waals surface area contributed by atoms with Gasteiger partial charge in [-0.05, 0) is 38.5 Å². The third-order valence-electron chi connectivity index (χ3n) is 3.45. The Bertz CT molecular complexity index is 375. The summed E-state index contributed by atoms with van der Waals surface area (Å²) >= 11 is 0. The molecule has 1 aliphatic rings. The molecule has 6 nitrogen and oxygen atoms in total. The highest BCUT2D eigenvalue weighted by molar-refractivity contribution is 5.96. The quantitative estimate of drug-likeness (QED) is 0.679. The van der Waals surface area contributed by atoms with Gasteiger partial charge in [-0.3, -0.25) is 14.9 Å². The van der Waals surface area contributed by atoms with Crippen molar-refractivity contribution in [3.63, 3.8) is 0 Å². The molecule has 3 N–H and O–H groups in total. The van der Waals surface area contributed by atoms with Crippen molar-refractivity contribution >= 4 is 17.9 Å². The van der Waals surface area contributed by atoms with E-state index in [2.05, 4.69) is 17.6 Å². The molecule has 0 aromatic heterocycles. The van der Waals surface area contributed by atoms with Crippen LogP contribution in [0.3, 0.4) is 0 Å². The molecule has 1 unspecified atom stereocenters. The smallest absolute Gasteiger partial charge is 0.321 e. The maximum Gasteiger partial charge on any atom is 0.321 e. The molecule has 3 amide bonds. The first-order valence-corrected chi connectivity index (χ1v) is 6.53. The summed E-state index contributed by atoms with van der Waals surface area (Å²) in [5.41, 5.74) is -1.17. The van der Waals surface area contributed by atoms with E-state index in [0.717, 1.165) is 0 Å². The summed E-state index contributed by atoms with van der Waals surface area (Å²) in [5, 5.41) is 13.7. The average Bonchev–Trinajstić information content (AvgIpc) is 3.08. The van der Waals surface area contributed by atoms with Crippen LogP contribution in [0.15, 0.2) is 0 Å². The van der Waals surface area contributed by atoms with Crippen molar-refractivity contribution in [2.45, 2.75) is 40.0 Å². The fourth-order valence-corrected chi connectivity index (χ4v) is 1.78. The lowest BCUT2D eigenvalue weighted by Crippen LogP contribution is -2.43. The van der Waals surface area contributed by atoms with Crippen LogP contribution in [-0.2, 0) is 9.59 Å². The Labute approximate surface area is 112 Å². The monoisotopic (exact) mass is 270 g/mol. The van der Waals surface area contributed by atoms with E-state index in [0.29, 0.717) is 18.4 Å². The molecule has 19 heavy (non-hydrogen) atoms. The van der Waals surface area contributed by atoms with Crippen LogP contribution >= 0.6 is 0 Å². The van der Waals surface area contributed by atoms with Gasteiger partial charge in [-0.1, -0.05) is 6.92 Å². The van der Waals surface area contributed by atoms with Crippen LogP contribution in [0.2, 0.25) is 0 Å². The van der Waals surface area contributed by atoms with Crippen molar-refractivity contribution in [1.82, 2.24) is 10.6 Å². The van der Waals surface area contributed by atoms with E-state index in [4.69, 9.17) is 5.11 Å². The minimum atomic E-state index is -1.17. The number of hydrogen-bond acceptors (Lipinski definition) is 3. The topological polar surface area (TPSA) is 95.5 Å². The van der Waals surface area contributed by atoms with Gasteiger partial charge in [0.2, 0.25) is 5.91 Å². The number of carboxylic acids is 1. The molecule has 0 bridgehead atoms. The van der Waals surface area contributed by atoms with E-state index in [1.807, 2.05) is 0 Å². The molecular weight excluding hydrogens is 248 g/mol. The van der Waals surface area contributed by atoms with Gasteiger partial charge in [0.25, 0.3) is 0 Å². The van der Waals surface area contributed by atoms with Gasteiger partial charge in [-0.25, -0.2) is 4.79 Å². The van der Waals surface area contributed by atoms with E-state index in [-0.39, 0.29) is 6.42 Å². The summed E-state index contributed by atoms with van der Waals surface area (Å²) in [4.78, 5) is 33.9. The Morgan fingerprint density at radius 3 is 2.37 bits per heavy atom. The van der Waals surface area contributed by atoms with Crippen molar-refractivity contribution in [3.05, 3.63) is 0 Å². The lowest BCUT2D eigenvalue weighted by molar-refractivity contribution is -0.149. The summed E-state index contributed by atoms with van der Waals surface area (Å²) in [6.07, 6.45) is 2.18. The van der Waals surface area contributed by atoms with Crippen molar-refractivity contribution in [2.24, 2.45) is 17.3 Å². The second-order valence-corrected chi connectivity index (χ2v) is 5.94. The van der Waals surface area contributed by atoms with Crippen molar-refractivity contribution in [1.29, 1.82) is 0 Å². The number of aliphatic carboxylic acids is 1. The second-order valence-electron chi connectivity index (χ2n) is 5.94. The Hall–Kier alpha value is -1.59. The van der Waals surface area contributed by atoms with E-state index >= 15 is 0 Å². The van der Waals surface area contributed by atoms with Crippen LogP contribution in [-0.4, -0.2) is 29.6 Å². The number of rotatable bonds is 6. The van der Waals surface area contributed by atoms with Crippen molar-refractivity contribution in [3.8, 4) is 0 Å². The van der Waals surface area contributed by atoms with E-state index in [1.54, 1.807) is 0 Å². The molecular formula is C13H22N2O4. The normalized spacial score (nSPS) is 16.6. The van der Waals surface area contributed by atoms with Gasteiger partial charge < -0.3 is 10.4 Å². The molecule has 0 aliphatic heterocycles. The molecule has 0 spiro atoms. The van der Waals surface area contributed by atoms with Crippen LogP contribution in [0, 0.1) is 17.3 Å². The zero-order valence-corrected chi connectivity index (χ0v) is 11.7. The molecule has 1 rings (SSSR count). The van der Waals surface area contributed by atoms with Gasteiger partial charge in [0.15, 0.2) is 0 Å². The third kappa shape index (κ3) is 5.28. The van der Waals surface area contributed by atoms with Crippen molar-refractivity contribution in [2.75, 3.05) is 6.54 Å². The molecule has 0 aromatic carbocycles. The molecule has 1 atom stereocenters. The molecule has 1 aliphatic carbocycles. The van der Waals surface area contributed by atoms with Crippen LogP contribution in [0.4, 0.5) is 4.79 Å². The maximum absolute atomic E-state index is 11.5. The number of urea groups is 1. The van der Waals surface area contributed by atoms with Gasteiger partial charge in [-0.15, -0.1) is 0 Å². The minimum absolute atomic E-state index is 0.228. The predicted octanol–water partition coefficient (Wildman–Crippen LogP) is 1.36. The zero-order valence-electron chi connectivity index (χ0n) is 11.7. The summed E-state index contributed by atoms with van der Waals surface area (Å²) in [6, 6.07) is -0.557. The zero-order chi connectivity index (χ0) is 14.6. The largest absolute Gasteiger partial charge is 0.481 e. The van der Waals surface area contributed by atoms with Crippen LogP contribution in [0.5, 0.6) is 0 Å². The van der Waals surface area contributed by atoms with Gasteiger partial charge >= 0.3 is 12.0 Å². The highest BCUT2D eigenvalue weighted by Gasteiger charge is 2.31. The van der Waals surface area contributed by atoms with Crippen molar-refractivity contribution < 1.29 is 19.5 Å². The Morgan fingerprint density at radius 2 is 1.89 bits per heavy atom. The summed E-state index contributed by atoms with van der Waals surface area (Å²) in [7, 11) is 0. The minimum Gasteiger partial charge on any atom is -0.481 e. The number of carbonyl (C=O) groups excluding carboxylic acids is 2. The average molecular weight is 270 g/mol. The lowest BCUT2D eigenvalue weighted by atomic mass is 9.89. The van der Waals surface area contributed by atoms with Gasteiger partial charge in [-0.2, -0.15) is 0 Å². The fourth-order valence-electron chi connectivity index (χ4n) is 1.78. The summed E-state index contributed by atoms with van der Waals surface area (Å²) < 4.78 is 0. The molecule has 0 aromatic rings. The Morgan fingerprint density at radius 1 is 1.32 bits per heavy atom. The summed E-state index contributed by atoms with van der Waals surface area (Å²) in [5.74, 6) is -0.548. The van der Waals surface area contributed by atoms with Gasteiger partial charge in [0, 0.05) is 13.0 Å². The number of carbonyl (C=O) groups is 3. The first-order chi connectivity index (χ1) is 8.72. The number of amides is 3. The molecule has 1 saturated carbocycles. The van der Waals surface area contributed by atoms with Crippen LogP contribution in [0.25, 0.3) is 0 Å². The van der Waals surface area contributed by atoms with Crippen LogP contribution < -0.4 is 10.6 Å². The molecule has 0 heterocycles. The fraction of sp³-hybridized carbons (Fsp3) is 0.769. The molecule has 0 saturated heterocycles. The second kappa shape index (κ2) is 6.04. The van der Waals surface area contributed by atoms with E-state index < -0.39 is 23.3 Å². The SMILES string of the molecule is CC(CNC(=O)NC(=O)CC(C)(C)C(=O)O)C1CC1. The first-order valence-electron chi connectivity index (χ1n) is 6.53. The Kier molecular flexibility index (Phi) is 4.91. The predicted molar refractivity (Wildman–Crippen MR) is 69.5 cm³/mol. The number of imide groups is 1.